The molecule has 90 valence electrons. The molecule has 0 aromatic heterocycles. The SMILES string of the molecule is NNC(Cc1cccc(F)c1F)C(F)(F)Cl. The number of benzene rings is 1. The fourth-order valence-electron chi connectivity index (χ4n) is 1.20. The molecular formula is C9H9ClF4N2. The third-order valence-electron chi connectivity index (χ3n) is 2.05. The Morgan fingerprint density at radius 2 is 2.00 bits per heavy atom. The van der Waals surface area contributed by atoms with Crippen LogP contribution in [-0.2, 0) is 6.42 Å². The van der Waals surface area contributed by atoms with Gasteiger partial charge >= 0.3 is 5.38 Å². The van der Waals surface area contributed by atoms with Crippen LogP contribution in [-0.4, -0.2) is 11.4 Å². The highest BCUT2D eigenvalue weighted by Gasteiger charge is 2.37. The normalized spacial score (nSPS) is 13.9. The highest BCUT2D eigenvalue weighted by atomic mass is 35.5. The lowest BCUT2D eigenvalue weighted by molar-refractivity contribution is 0.0499. The standard InChI is InChI=1S/C9H9ClF4N2/c10-9(13,14)7(16-15)4-5-2-1-3-6(11)8(5)12/h1-3,7,16H,4,15H2. The fourth-order valence-corrected chi connectivity index (χ4v) is 1.34. The molecule has 1 atom stereocenters. The lowest BCUT2D eigenvalue weighted by Crippen LogP contribution is -2.47. The Morgan fingerprint density at radius 3 is 2.50 bits per heavy atom. The summed E-state index contributed by atoms with van der Waals surface area (Å²) in [5.41, 5.74) is 1.55. The van der Waals surface area contributed by atoms with Gasteiger partial charge in [0, 0.05) is 0 Å². The second-order valence-electron chi connectivity index (χ2n) is 3.18. The molecule has 16 heavy (non-hydrogen) atoms. The van der Waals surface area contributed by atoms with E-state index >= 15 is 0 Å². The van der Waals surface area contributed by atoms with Gasteiger partial charge in [0.2, 0.25) is 0 Å². The fraction of sp³-hybridized carbons (Fsp3) is 0.333. The minimum Gasteiger partial charge on any atom is -0.271 e. The molecule has 0 saturated heterocycles. The van der Waals surface area contributed by atoms with Gasteiger partial charge in [0.1, 0.15) is 6.04 Å². The van der Waals surface area contributed by atoms with Crippen molar-refractivity contribution in [3.63, 3.8) is 0 Å². The molecule has 1 rings (SSSR count). The van der Waals surface area contributed by atoms with Crippen molar-refractivity contribution in [2.75, 3.05) is 0 Å². The minimum absolute atomic E-state index is 0.219. The monoisotopic (exact) mass is 256 g/mol. The Kier molecular flexibility index (Phi) is 4.12. The number of nitrogens with one attached hydrogen (secondary N) is 1. The quantitative estimate of drug-likeness (QED) is 0.375. The van der Waals surface area contributed by atoms with E-state index in [0.29, 0.717) is 0 Å². The zero-order valence-electron chi connectivity index (χ0n) is 7.98. The molecule has 0 amide bonds. The van der Waals surface area contributed by atoms with Crippen LogP contribution in [0.5, 0.6) is 0 Å². The Hall–Kier alpha value is -0.850. The molecule has 1 unspecified atom stereocenters. The number of hydrogen-bond acceptors (Lipinski definition) is 2. The summed E-state index contributed by atoms with van der Waals surface area (Å²) in [4.78, 5) is 0. The number of alkyl halides is 3. The smallest absolute Gasteiger partial charge is 0.271 e. The molecule has 0 heterocycles. The summed E-state index contributed by atoms with van der Waals surface area (Å²) in [5, 5.41) is -3.65. The molecule has 0 aliphatic carbocycles. The second-order valence-corrected chi connectivity index (χ2v) is 3.68. The van der Waals surface area contributed by atoms with E-state index in [-0.39, 0.29) is 5.56 Å². The van der Waals surface area contributed by atoms with Gasteiger partial charge in [0.15, 0.2) is 11.6 Å². The summed E-state index contributed by atoms with van der Waals surface area (Å²) < 4.78 is 51.4. The van der Waals surface area contributed by atoms with E-state index in [1.807, 2.05) is 0 Å². The third-order valence-corrected chi connectivity index (χ3v) is 2.32. The van der Waals surface area contributed by atoms with Crippen LogP contribution >= 0.6 is 11.6 Å². The van der Waals surface area contributed by atoms with Gasteiger partial charge in [-0.15, -0.1) is 0 Å². The van der Waals surface area contributed by atoms with Crippen molar-refractivity contribution in [2.24, 2.45) is 5.84 Å². The van der Waals surface area contributed by atoms with E-state index in [1.54, 1.807) is 5.43 Å². The molecule has 7 heteroatoms. The molecule has 0 bridgehead atoms. The third kappa shape index (κ3) is 3.07. The van der Waals surface area contributed by atoms with Crippen molar-refractivity contribution < 1.29 is 17.6 Å². The number of halogens is 5. The average Bonchev–Trinajstić information content (AvgIpc) is 2.18. The summed E-state index contributed by atoms with van der Waals surface area (Å²) >= 11 is 4.75. The molecular weight excluding hydrogens is 248 g/mol. The first kappa shape index (κ1) is 13.2. The number of hydrazine groups is 1. The van der Waals surface area contributed by atoms with Crippen molar-refractivity contribution >= 4 is 11.6 Å². The van der Waals surface area contributed by atoms with Gasteiger partial charge < -0.3 is 0 Å². The topological polar surface area (TPSA) is 38.0 Å². The number of rotatable bonds is 4. The zero-order chi connectivity index (χ0) is 12.3. The molecule has 0 aliphatic rings. The lowest BCUT2D eigenvalue weighted by Gasteiger charge is -2.20. The van der Waals surface area contributed by atoms with Crippen molar-refractivity contribution in [3.8, 4) is 0 Å². The van der Waals surface area contributed by atoms with E-state index < -0.39 is 29.5 Å². The van der Waals surface area contributed by atoms with E-state index in [2.05, 4.69) is 0 Å². The average molecular weight is 257 g/mol. The van der Waals surface area contributed by atoms with E-state index in [9.17, 15) is 17.6 Å². The maximum atomic E-state index is 13.2. The Labute approximate surface area is 94.4 Å². The van der Waals surface area contributed by atoms with Crippen LogP contribution < -0.4 is 11.3 Å². The van der Waals surface area contributed by atoms with Gasteiger partial charge in [-0.25, -0.2) is 14.2 Å². The molecule has 1 aromatic carbocycles. The predicted molar refractivity (Wildman–Crippen MR) is 52.0 cm³/mol. The maximum absolute atomic E-state index is 13.2. The molecule has 0 fully saturated rings. The van der Waals surface area contributed by atoms with Gasteiger partial charge in [-0.2, -0.15) is 8.78 Å². The molecule has 2 nitrogen and oxygen atoms in total. The number of hydrogen-bond donors (Lipinski definition) is 2. The first-order valence-corrected chi connectivity index (χ1v) is 4.69. The van der Waals surface area contributed by atoms with Crippen LogP contribution in [0.4, 0.5) is 17.6 Å². The van der Waals surface area contributed by atoms with E-state index in [1.165, 1.54) is 12.1 Å². The van der Waals surface area contributed by atoms with Gasteiger partial charge in [-0.3, -0.25) is 5.84 Å². The molecule has 0 aliphatic heterocycles. The summed E-state index contributed by atoms with van der Waals surface area (Å²) in [5.74, 6) is 2.58. The predicted octanol–water partition coefficient (Wildman–Crippen LogP) is 2.17. The Balaban J connectivity index is 2.91. The van der Waals surface area contributed by atoms with Crippen LogP contribution in [0.1, 0.15) is 5.56 Å². The van der Waals surface area contributed by atoms with E-state index in [0.717, 1.165) is 6.07 Å². The zero-order valence-corrected chi connectivity index (χ0v) is 8.74. The molecule has 0 saturated carbocycles. The highest BCUT2D eigenvalue weighted by Crippen LogP contribution is 2.26. The largest absolute Gasteiger partial charge is 0.338 e. The van der Waals surface area contributed by atoms with Crippen LogP contribution in [0.15, 0.2) is 18.2 Å². The summed E-state index contributed by atoms with van der Waals surface area (Å²) in [6.45, 7) is 0. The van der Waals surface area contributed by atoms with Crippen molar-refractivity contribution in [2.45, 2.75) is 17.8 Å². The number of nitrogens with two attached hydrogens (primary N) is 1. The lowest BCUT2D eigenvalue weighted by atomic mass is 10.1. The Bertz CT molecular complexity index is 367. The van der Waals surface area contributed by atoms with E-state index in [4.69, 9.17) is 17.4 Å². The maximum Gasteiger partial charge on any atom is 0.338 e. The summed E-state index contributed by atoms with van der Waals surface area (Å²) in [7, 11) is 0. The minimum atomic E-state index is -3.65. The summed E-state index contributed by atoms with van der Waals surface area (Å²) in [6, 6.07) is 1.62. The second kappa shape index (κ2) is 4.99. The van der Waals surface area contributed by atoms with Gasteiger partial charge in [-0.1, -0.05) is 12.1 Å². The van der Waals surface area contributed by atoms with Gasteiger partial charge in [-0.05, 0) is 29.7 Å². The summed E-state index contributed by atoms with van der Waals surface area (Å²) in [6.07, 6.45) is -0.517. The van der Waals surface area contributed by atoms with Crippen LogP contribution in [0.25, 0.3) is 0 Å². The van der Waals surface area contributed by atoms with Crippen LogP contribution in [0, 0.1) is 11.6 Å². The molecule has 0 spiro atoms. The first-order valence-electron chi connectivity index (χ1n) is 4.32. The van der Waals surface area contributed by atoms with Gasteiger partial charge in [0.05, 0.1) is 0 Å². The molecule has 1 aromatic rings. The molecule has 3 N–H and O–H groups in total. The van der Waals surface area contributed by atoms with Gasteiger partial charge in [0.25, 0.3) is 0 Å². The molecule has 0 radical (unpaired) electrons. The van der Waals surface area contributed by atoms with Crippen molar-refractivity contribution in [3.05, 3.63) is 35.4 Å². The highest BCUT2D eigenvalue weighted by molar-refractivity contribution is 6.22. The first-order chi connectivity index (χ1) is 7.36. The van der Waals surface area contributed by atoms with Crippen molar-refractivity contribution in [1.29, 1.82) is 0 Å². The van der Waals surface area contributed by atoms with Crippen LogP contribution in [0.2, 0.25) is 0 Å². The van der Waals surface area contributed by atoms with Crippen molar-refractivity contribution in [1.82, 2.24) is 5.43 Å². The Morgan fingerprint density at radius 1 is 1.38 bits per heavy atom. The van der Waals surface area contributed by atoms with Crippen LogP contribution in [0.3, 0.4) is 0 Å².